The van der Waals surface area contributed by atoms with Crippen molar-refractivity contribution in [2.75, 3.05) is 10.8 Å². The highest BCUT2D eigenvalue weighted by Gasteiger charge is 2.32. The van der Waals surface area contributed by atoms with Crippen LogP contribution in [-0.4, -0.2) is 27.2 Å². The Kier molecular flexibility index (Phi) is 8.12. The number of hydrazone groups is 1. The molecule has 2 heterocycles. The molecule has 5 aromatic rings. The Morgan fingerprint density at radius 1 is 0.837 bits per heavy atom. The van der Waals surface area contributed by atoms with Gasteiger partial charge < -0.3 is 0 Å². The van der Waals surface area contributed by atoms with Gasteiger partial charge in [-0.15, -0.1) is 11.8 Å². The third-order valence-corrected chi connectivity index (χ3v) is 8.62. The molecule has 0 atom stereocenters. The molecule has 0 saturated heterocycles. The maximum atomic E-state index is 14.0. The molecule has 1 aromatic heterocycles. The average molecular weight is 583 g/mol. The topological polar surface area (TPSA) is 50.5 Å². The van der Waals surface area contributed by atoms with E-state index in [9.17, 15) is 4.79 Å². The van der Waals surface area contributed by atoms with Gasteiger partial charge in [-0.3, -0.25) is 4.79 Å². The van der Waals surface area contributed by atoms with Crippen LogP contribution in [0.5, 0.6) is 0 Å². The second-order valence-electron chi connectivity index (χ2n) is 11.1. The number of thioether (sulfide) groups is 1. The highest BCUT2D eigenvalue weighted by molar-refractivity contribution is 8.00. The van der Waals surface area contributed by atoms with Gasteiger partial charge >= 0.3 is 0 Å². The van der Waals surface area contributed by atoms with Gasteiger partial charge in [-0.1, -0.05) is 80.1 Å². The molecule has 4 aromatic carbocycles. The molecule has 6 heteroatoms. The predicted octanol–water partition coefficient (Wildman–Crippen LogP) is 8.86. The van der Waals surface area contributed by atoms with Gasteiger partial charge in [-0.2, -0.15) is 15.2 Å². The zero-order valence-corrected chi connectivity index (χ0v) is 25.7. The van der Waals surface area contributed by atoms with Crippen molar-refractivity contribution >= 4 is 35.1 Å². The molecule has 0 saturated carbocycles. The second kappa shape index (κ2) is 12.3. The van der Waals surface area contributed by atoms with Crippen molar-refractivity contribution in [3.8, 4) is 16.9 Å². The first-order valence-corrected chi connectivity index (χ1v) is 15.5. The fourth-order valence-corrected chi connectivity index (χ4v) is 5.91. The Hall–Kier alpha value is -4.68. The molecule has 0 fully saturated rings. The van der Waals surface area contributed by atoms with Gasteiger partial charge in [0.05, 0.1) is 22.7 Å². The number of nitrogens with zero attached hydrogens (tertiary/aromatic N) is 4. The number of amides is 1. The first-order chi connectivity index (χ1) is 20.9. The lowest BCUT2D eigenvalue weighted by Gasteiger charge is -2.11. The van der Waals surface area contributed by atoms with Crippen LogP contribution in [0.15, 0.2) is 125 Å². The molecule has 0 N–H and O–H groups in total. The summed E-state index contributed by atoms with van der Waals surface area (Å²) in [7, 11) is 0. The van der Waals surface area contributed by atoms with E-state index >= 15 is 0 Å². The predicted molar refractivity (Wildman–Crippen MR) is 179 cm³/mol. The molecule has 0 spiro atoms. The Morgan fingerprint density at radius 2 is 1.51 bits per heavy atom. The number of hydrogen-bond acceptors (Lipinski definition) is 4. The summed E-state index contributed by atoms with van der Waals surface area (Å²) in [5, 5.41) is 11.5. The van der Waals surface area contributed by atoms with E-state index in [2.05, 4.69) is 70.2 Å². The number of carbonyl (C=O) groups excluding carboxylic acids is 1. The molecule has 1 aliphatic rings. The minimum absolute atomic E-state index is 0.142. The number of benzene rings is 4. The number of hydrogen-bond donors (Lipinski definition) is 0. The Labute approximate surface area is 257 Å². The molecular weight excluding hydrogens is 549 g/mol. The summed E-state index contributed by atoms with van der Waals surface area (Å²) in [6.07, 6.45) is 3.99. The van der Waals surface area contributed by atoms with Gasteiger partial charge in [0.15, 0.2) is 0 Å². The fraction of sp³-hybridized carbons (Fsp3) is 0.162. The summed E-state index contributed by atoms with van der Waals surface area (Å²) < 4.78 is 1.90. The van der Waals surface area contributed by atoms with Crippen molar-refractivity contribution in [1.82, 2.24) is 9.78 Å². The quantitative estimate of drug-likeness (QED) is 0.136. The number of anilines is 1. The van der Waals surface area contributed by atoms with E-state index in [4.69, 9.17) is 10.2 Å². The summed E-state index contributed by atoms with van der Waals surface area (Å²) in [5.41, 5.74) is 9.40. The van der Waals surface area contributed by atoms with Crippen molar-refractivity contribution in [3.05, 3.63) is 137 Å². The Bertz CT molecular complexity index is 1820. The molecule has 43 heavy (non-hydrogen) atoms. The van der Waals surface area contributed by atoms with Crippen LogP contribution in [0.1, 0.15) is 42.0 Å². The van der Waals surface area contributed by atoms with Gasteiger partial charge in [0.25, 0.3) is 5.91 Å². The van der Waals surface area contributed by atoms with E-state index in [1.54, 1.807) is 11.8 Å². The second-order valence-corrected chi connectivity index (χ2v) is 12.1. The molecule has 0 radical (unpaired) electrons. The first kappa shape index (κ1) is 28.4. The Balaban J connectivity index is 1.47. The zero-order chi connectivity index (χ0) is 29.9. The third-order valence-electron chi connectivity index (χ3n) is 7.60. The van der Waals surface area contributed by atoms with Gasteiger partial charge in [-0.25, -0.2) is 4.68 Å². The highest BCUT2D eigenvalue weighted by Crippen LogP contribution is 2.34. The summed E-state index contributed by atoms with van der Waals surface area (Å²) in [6.45, 7) is 8.59. The van der Waals surface area contributed by atoms with Crippen molar-refractivity contribution < 1.29 is 4.79 Å². The minimum atomic E-state index is -0.142. The Morgan fingerprint density at radius 3 is 2.19 bits per heavy atom. The SMILES string of the molecule is Cc1ccc(SCC2=NN(c3ccccc3)C(=O)/C2=C\c2cn(-c3ccccc3)nc2-c2cc(C(C)C)ccc2C)cc1. The van der Waals surface area contributed by atoms with Crippen molar-refractivity contribution in [3.63, 3.8) is 0 Å². The maximum Gasteiger partial charge on any atom is 0.280 e. The van der Waals surface area contributed by atoms with E-state index in [1.807, 2.05) is 77.6 Å². The number of carbonyl (C=O) groups is 1. The number of para-hydroxylation sites is 2. The van der Waals surface area contributed by atoms with Gasteiger partial charge in [0.1, 0.15) is 5.69 Å². The van der Waals surface area contributed by atoms with E-state index in [0.29, 0.717) is 17.2 Å². The maximum absolute atomic E-state index is 14.0. The number of aryl methyl sites for hydroxylation is 2. The zero-order valence-electron chi connectivity index (χ0n) is 24.9. The van der Waals surface area contributed by atoms with Crippen LogP contribution in [-0.2, 0) is 4.79 Å². The van der Waals surface area contributed by atoms with Crippen molar-refractivity contribution in [1.29, 1.82) is 0 Å². The molecule has 0 unspecified atom stereocenters. The number of aromatic nitrogens is 2. The van der Waals surface area contributed by atoms with Crippen molar-refractivity contribution in [2.45, 2.75) is 38.5 Å². The van der Waals surface area contributed by atoms with Crippen LogP contribution >= 0.6 is 11.8 Å². The summed E-state index contributed by atoms with van der Waals surface area (Å²) in [5.74, 6) is 0.802. The average Bonchev–Trinajstić information content (AvgIpc) is 3.59. The third kappa shape index (κ3) is 6.11. The molecule has 1 amide bonds. The van der Waals surface area contributed by atoms with E-state index in [0.717, 1.165) is 44.4 Å². The van der Waals surface area contributed by atoms with Crippen LogP contribution in [0.25, 0.3) is 23.0 Å². The normalized spacial score (nSPS) is 14.2. The molecule has 0 aliphatic carbocycles. The molecule has 0 bridgehead atoms. The molecule has 5 nitrogen and oxygen atoms in total. The molecule has 1 aliphatic heterocycles. The van der Waals surface area contributed by atoms with E-state index in [-0.39, 0.29) is 5.91 Å². The number of rotatable bonds is 8. The first-order valence-electron chi connectivity index (χ1n) is 14.5. The highest BCUT2D eigenvalue weighted by atomic mass is 32.2. The standard InChI is InChI=1S/C37H34N4OS/c1-25(2)28-18-17-27(4)33(21-28)36-29(23-40(39-36)30-11-7-5-8-12-30)22-34-35(24-43-32-19-15-26(3)16-20-32)38-41(37(34)42)31-13-9-6-10-14-31/h5-23,25H,24H2,1-4H3/b34-22-. The molecular formula is C37H34N4OS. The van der Waals surface area contributed by atoms with Crippen LogP contribution in [0.3, 0.4) is 0 Å². The fourth-order valence-electron chi connectivity index (χ4n) is 5.06. The van der Waals surface area contributed by atoms with Crippen LogP contribution in [0.4, 0.5) is 5.69 Å². The largest absolute Gasteiger partial charge is 0.280 e. The van der Waals surface area contributed by atoms with Gasteiger partial charge in [0, 0.05) is 28.0 Å². The van der Waals surface area contributed by atoms with Crippen LogP contribution in [0, 0.1) is 13.8 Å². The van der Waals surface area contributed by atoms with Crippen LogP contribution < -0.4 is 5.01 Å². The lowest BCUT2D eigenvalue weighted by Crippen LogP contribution is -2.21. The summed E-state index contributed by atoms with van der Waals surface area (Å²) in [6, 6.07) is 34.7. The smallest absolute Gasteiger partial charge is 0.267 e. The summed E-state index contributed by atoms with van der Waals surface area (Å²) >= 11 is 1.68. The molecule has 6 rings (SSSR count). The lowest BCUT2D eigenvalue weighted by atomic mass is 9.94. The van der Waals surface area contributed by atoms with Gasteiger partial charge in [-0.05, 0) is 79.4 Å². The van der Waals surface area contributed by atoms with Gasteiger partial charge in [0.2, 0.25) is 0 Å². The summed E-state index contributed by atoms with van der Waals surface area (Å²) in [4.78, 5) is 15.2. The molecule has 214 valence electrons. The van der Waals surface area contributed by atoms with E-state index < -0.39 is 0 Å². The monoisotopic (exact) mass is 582 g/mol. The lowest BCUT2D eigenvalue weighted by molar-refractivity contribution is -0.114. The van der Waals surface area contributed by atoms with E-state index in [1.165, 1.54) is 16.1 Å². The van der Waals surface area contributed by atoms with Crippen molar-refractivity contribution in [2.24, 2.45) is 5.10 Å². The van der Waals surface area contributed by atoms with Crippen LogP contribution in [0.2, 0.25) is 0 Å². The minimum Gasteiger partial charge on any atom is -0.267 e.